The largest absolute Gasteiger partial charge is 0.453 e. The second-order valence-electron chi connectivity index (χ2n) is 3.72. The number of fused-ring (bicyclic) bond motifs is 1. The summed E-state index contributed by atoms with van der Waals surface area (Å²) in [6.45, 7) is 0.0497. The Kier molecular flexibility index (Phi) is 1.37. The highest BCUT2D eigenvalue weighted by atomic mass is 19.1. The minimum atomic E-state index is -0.832. The van der Waals surface area contributed by atoms with E-state index in [1.54, 1.807) is 6.07 Å². The quantitative estimate of drug-likeness (QED) is 0.740. The van der Waals surface area contributed by atoms with E-state index in [2.05, 4.69) is 0 Å². The molecule has 0 radical (unpaired) electrons. The van der Waals surface area contributed by atoms with E-state index < -0.39 is 11.4 Å². The maximum absolute atomic E-state index is 13.4. The molecule has 1 aromatic carbocycles. The van der Waals surface area contributed by atoms with Crippen LogP contribution in [0.15, 0.2) is 12.1 Å². The number of aliphatic hydroxyl groups is 1. The highest BCUT2D eigenvalue weighted by Crippen LogP contribution is 2.48. The zero-order valence-corrected chi connectivity index (χ0v) is 7.42. The first-order chi connectivity index (χ1) is 6.69. The van der Waals surface area contributed by atoms with E-state index in [-0.39, 0.29) is 12.5 Å². The number of ether oxygens (including phenoxy) is 2. The fraction of sp³-hybridized carbons (Fsp3) is 0.400. The summed E-state index contributed by atoms with van der Waals surface area (Å²) < 4.78 is 23.4. The van der Waals surface area contributed by atoms with Gasteiger partial charge in [0.25, 0.3) is 0 Å². The lowest BCUT2D eigenvalue weighted by molar-refractivity contribution is 0.150. The van der Waals surface area contributed by atoms with E-state index >= 15 is 0 Å². The summed E-state index contributed by atoms with van der Waals surface area (Å²) in [5, 5.41) is 9.79. The summed E-state index contributed by atoms with van der Waals surface area (Å²) in [4.78, 5) is 0. The first-order valence-corrected chi connectivity index (χ1v) is 4.51. The Labute approximate surface area is 80.1 Å². The molecule has 0 spiro atoms. The Morgan fingerprint density at radius 1 is 1.29 bits per heavy atom. The van der Waals surface area contributed by atoms with E-state index in [9.17, 15) is 9.50 Å². The first kappa shape index (κ1) is 8.05. The van der Waals surface area contributed by atoms with Gasteiger partial charge in [0.15, 0.2) is 11.6 Å². The average Bonchev–Trinajstić information content (AvgIpc) is 2.75. The molecule has 1 aliphatic carbocycles. The second kappa shape index (κ2) is 2.39. The van der Waals surface area contributed by atoms with Crippen molar-refractivity contribution in [2.75, 3.05) is 6.79 Å². The lowest BCUT2D eigenvalue weighted by Crippen LogP contribution is -2.04. The van der Waals surface area contributed by atoms with E-state index in [0.29, 0.717) is 24.2 Å². The van der Waals surface area contributed by atoms with Crippen LogP contribution in [0.3, 0.4) is 0 Å². The molecule has 0 saturated heterocycles. The Morgan fingerprint density at radius 3 is 2.79 bits per heavy atom. The van der Waals surface area contributed by atoms with Crippen molar-refractivity contribution < 1.29 is 19.0 Å². The molecule has 0 amide bonds. The number of hydrogen-bond donors (Lipinski definition) is 1. The van der Waals surface area contributed by atoms with Gasteiger partial charge in [0.05, 0.1) is 5.60 Å². The molecule has 1 aromatic rings. The van der Waals surface area contributed by atoms with Gasteiger partial charge in [-0.2, -0.15) is 0 Å². The fourth-order valence-corrected chi connectivity index (χ4v) is 1.64. The van der Waals surface area contributed by atoms with Crippen molar-refractivity contribution in [1.29, 1.82) is 0 Å². The summed E-state index contributed by atoms with van der Waals surface area (Å²) in [5.41, 5.74) is -0.249. The van der Waals surface area contributed by atoms with Crippen LogP contribution in [-0.4, -0.2) is 11.9 Å². The molecule has 1 saturated carbocycles. The molecule has 0 bridgehead atoms. The van der Waals surface area contributed by atoms with E-state index in [4.69, 9.17) is 9.47 Å². The number of hydrogen-bond acceptors (Lipinski definition) is 3. The SMILES string of the molecule is OC1(c2cc(F)c3c(c2)OCO3)CC1. The van der Waals surface area contributed by atoms with Gasteiger partial charge < -0.3 is 14.6 Å². The fourth-order valence-electron chi connectivity index (χ4n) is 1.64. The molecule has 0 aromatic heterocycles. The molecule has 1 heterocycles. The third-order valence-corrected chi connectivity index (χ3v) is 2.69. The highest BCUT2D eigenvalue weighted by Gasteiger charge is 2.43. The second-order valence-corrected chi connectivity index (χ2v) is 3.72. The van der Waals surface area contributed by atoms with Crippen molar-refractivity contribution in [1.82, 2.24) is 0 Å². The minimum absolute atomic E-state index is 0.0497. The topological polar surface area (TPSA) is 38.7 Å². The Balaban J connectivity index is 2.12. The maximum atomic E-state index is 13.4. The van der Waals surface area contributed by atoms with Crippen molar-refractivity contribution in [2.45, 2.75) is 18.4 Å². The van der Waals surface area contributed by atoms with Crippen LogP contribution in [0.1, 0.15) is 18.4 Å². The normalized spacial score (nSPS) is 21.0. The third kappa shape index (κ3) is 1.00. The lowest BCUT2D eigenvalue weighted by atomic mass is 10.1. The molecular weight excluding hydrogens is 187 g/mol. The van der Waals surface area contributed by atoms with Crippen LogP contribution in [0.2, 0.25) is 0 Å². The maximum Gasteiger partial charge on any atom is 0.231 e. The van der Waals surface area contributed by atoms with Crippen molar-refractivity contribution in [3.05, 3.63) is 23.5 Å². The standard InChI is InChI=1S/C10H9FO3/c11-7-3-6(10(12)1-2-10)4-8-9(7)14-5-13-8/h3-4,12H,1-2,5H2. The van der Waals surface area contributed by atoms with Gasteiger partial charge in [0.2, 0.25) is 12.5 Å². The molecule has 1 fully saturated rings. The van der Waals surface area contributed by atoms with Gasteiger partial charge in [-0.3, -0.25) is 0 Å². The molecule has 0 unspecified atom stereocenters. The van der Waals surface area contributed by atoms with Crippen molar-refractivity contribution in [3.63, 3.8) is 0 Å². The Morgan fingerprint density at radius 2 is 2.07 bits per heavy atom. The van der Waals surface area contributed by atoms with Crippen LogP contribution in [0.25, 0.3) is 0 Å². The molecule has 3 nitrogen and oxygen atoms in total. The van der Waals surface area contributed by atoms with Gasteiger partial charge in [-0.05, 0) is 30.5 Å². The highest BCUT2D eigenvalue weighted by molar-refractivity contribution is 5.48. The smallest absolute Gasteiger partial charge is 0.231 e. The molecule has 74 valence electrons. The monoisotopic (exact) mass is 196 g/mol. The van der Waals surface area contributed by atoms with E-state index in [1.165, 1.54) is 6.07 Å². The van der Waals surface area contributed by atoms with Gasteiger partial charge in [-0.15, -0.1) is 0 Å². The predicted molar refractivity (Wildman–Crippen MR) is 45.7 cm³/mol. The molecule has 4 heteroatoms. The molecule has 1 aliphatic heterocycles. The van der Waals surface area contributed by atoms with Crippen molar-refractivity contribution in [2.24, 2.45) is 0 Å². The molecule has 1 N–H and O–H groups in total. The Hall–Kier alpha value is -1.29. The molecule has 3 rings (SSSR count). The number of halogens is 1. The van der Waals surface area contributed by atoms with Crippen LogP contribution < -0.4 is 9.47 Å². The van der Waals surface area contributed by atoms with Crippen molar-refractivity contribution >= 4 is 0 Å². The Bertz CT molecular complexity index is 399. The van der Waals surface area contributed by atoms with Gasteiger partial charge >= 0.3 is 0 Å². The van der Waals surface area contributed by atoms with Crippen LogP contribution in [0.5, 0.6) is 11.5 Å². The zero-order chi connectivity index (χ0) is 9.76. The third-order valence-electron chi connectivity index (χ3n) is 2.69. The van der Waals surface area contributed by atoms with Crippen LogP contribution in [0.4, 0.5) is 4.39 Å². The summed E-state index contributed by atoms with van der Waals surface area (Å²) in [7, 11) is 0. The van der Waals surface area contributed by atoms with Gasteiger partial charge in [-0.1, -0.05) is 0 Å². The molecule has 2 aliphatic rings. The van der Waals surface area contributed by atoms with Gasteiger partial charge in [-0.25, -0.2) is 4.39 Å². The van der Waals surface area contributed by atoms with E-state index in [1.807, 2.05) is 0 Å². The number of benzene rings is 1. The average molecular weight is 196 g/mol. The van der Waals surface area contributed by atoms with Crippen LogP contribution in [-0.2, 0) is 5.60 Å². The number of rotatable bonds is 1. The zero-order valence-electron chi connectivity index (χ0n) is 7.42. The first-order valence-electron chi connectivity index (χ1n) is 4.51. The lowest BCUT2D eigenvalue weighted by Gasteiger charge is -2.09. The summed E-state index contributed by atoms with van der Waals surface area (Å²) in [5.74, 6) is 0.0775. The van der Waals surface area contributed by atoms with Gasteiger partial charge in [0, 0.05) is 0 Å². The van der Waals surface area contributed by atoms with E-state index in [0.717, 1.165) is 0 Å². The van der Waals surface area contributed by atoms with Crippen LogP contribution in [0, 0.1) is 5.82 Å². The molecule has 14 heavy (non-hydrogen) atoms. The van der Waals surface area contributed by atoms with Crippen molar-refractivity contribution in [3.8, 4) is 11.5 Å². The molecule has 0 atom stereocenters. The predicted octanol–water partition coefficient (Wildman–Crippen LogP) is 1.54. The van der Waals surface area contributed by atoms with Crippen LogP contribution >= 0.6 is 0 Å². The summed E-state index contributed by atoms with van der Waals surface area (Å²) in [6, 6.07) is 2.97. The molecular formula is C10H9FO3. The summed E-state index contributed by atoms with van der Waals surface area (Å²) in [6.07, 6.45) is 1.37. The minimum Gasteiger partial charge on any atom is -0.453 e. The summed E-state index contributed by atoms with van der Waals surface area (Å²) >= 11 is 0. The van der Waals surface area contributed by atoms with Gasteiger partial charge in [0.1, 0.15) is 0 Å².